The van der Waals surface area contributed by atoms with E-state index in [4.69, 9.17) is 11.6 Å². The Morgan fingerprint density at radius 3 is 2.35 bits per heavy atom. The molecule has 104 valence electrons. The van der Waals surface area contributed by atoms with Gasteiger partial charge in [-0.15, -0.1) is 11.6 Å². The molecule has 0 aliphatic rings. The van der Waals surface area contributed by atoms with Gasteiger partial charge in [-0.25, -0.2) is 0 Å². The van der Waals surface area contributed by atoms with Crippen molar-refractivity contribution in [1.82, 2.24) is 5.32 Å². The van der Waals surface area contributed by atoms with Crippen LogP contribution in [0.3, 0.4) is 0 Å². The summed E-state index contributed by atoms with van der Waals surface area (Å²) in [5.41, 5.74) is 1.82. The number of rotatable bonds is 4. The Morgan fingerprint density at radius 1 is 1.10 bits per heavy atom. The van der Waals surface area contributed by atoms with Crippen molar-refractivity contribution in [3.8, 4) is 0 Å². The van der Waals surface area contributed by atoms with E-state index in [0.717, 1.165) is 15.6 Å². The molecule has 2 aromatic rings. The zero-order chi connectivity index (χ0) is 14.5. The Morgan fingerprint density at radius 2 is 1.70 bits per heavy atom. The maximum absolute atomic E-state index is 12.2. The fourth-order valence-corrected chi connectivity index (χ4v) is 2.80. The number of amides is 1. The standard InChI is InChI=1S/C16H15BrClNO/c1-11(13-9-5-6-10-14(13)17)19-16(20)15(18)12-7-3-2-4-8-12/h2-11,15H,1H3,(H,19,20)/t11-,15?/m1/s1. The number of hydrogen-bond acceptors (Lipinski definition) is 1. The molecule has 0 saturated carbocycles. The van der Waals surface area contributed by atoms with Crippen LogP contribution in [0.15, 0.2) is 59.1 Å². The van der Waals surface area contributed by atoms with Gasteiger partial charge in [0.25, 0.3) is 0 Å². The molecule has 0 radical (unpaired) electrons. The predicted octanol–water partition coefficient (Wildman–Crippen LogP) is 4.61. The van der Waals surface area contributed by atoms with Gasteiger partial charge in [0.2, 0.25) is 5.91 Å². The van der Waals surface area contributed by atoms with E-state index in [-0.39, 0.29) is 11.9 Å². The minimum absolute atomic E-state index is 0.108. The predicted molar refractivity (Wildman–Crippen MR) is 85.7 cm³/mol. The lowest BCUT2D eigenvalue weighted by molar-refractivity contribution is -0.121. The highest BCUT2D eigenvalue weighted by molar-refractivity contribution is 9.10. The average molecular weight is 353 g/mol. The van der Waals surface area contributed by atoms with E-state index >= 15 is 0 Å². The molecule has 2 nitrogen and oxygen atoms in total. The topological polar surface area (TPSA) is 29.1 Å². The van der Waals surface area contributed by atoms with Crippen LogP contribution in [-0.4, -0.2) is 5.91 Å². The van der Waals surface area contributed by atoms with E-state index in [1.807, 2.05) is 61.5 Å². The fraction of sp³-hybridized carbons (Fsp3) is 0.188. The van der Waals surface area contributed by atoms with Crippen molar-refractivity contribution in [2.45, 2.75) is 18.3 Å². The van der Waals surface area contributed by atoms with E-state index in [9.17, 15) is 4.79 Å². The Hall–Kier alpha value is -1.32. The summed E-state index contributed by atoms with van der Waals surface area (Å²) in [6.07, 6.45) is 0. The summed E-state index contributed by atoms with van der Waals surface area (Å²) in [6.45, 7) is 1.94. The van der Waals surface area contributed by atoms with Crippen LogP contribution in [0.1, 0.15) is 29.5 Å². The van der Waals surface area contributed by atoms with Gasteiger partial charge in [-0.05, 0) is 24.1 Å². The number of nitrogens with one attached hydrogen (secondary N) is 1. The third kappa shape index (κ3) is 3.62. The maximum atomic E-state index is 12.2. The van der Waals surface area contributed by atoms with Gasteiger partial charge in [0.05, 0.1) is 6.04 Å². The summed E-state index contributed by atoms with van der Waals surface area (Å²) in [5, 5.41) is 2.25. The summed E-state index contributed by atoms with van der Waals surface area (Å²) in [4.78, 5) is 12.2. The lowest BCUT2D eigenvalue weighted by atomic mass is 10.1. The van der Waals surface area contributed by atoms with E-state index in [1.165, 1.54) is 0 Å². The third-order valence-corrected chi connectivity index (χ3v) is 4.23. The molecule has 1 amide bonds. The maximum Gasteiger partial charge on any atom is 0.243 e. The highest BCUT2D eigenvalue weighted by Crippen LogP contribution is 2.25. The SMILES string of the molecule is C[C@@H](NC(=O)C(Cl)c1ccccc1)c1ccccc1Br. The minimum atomic E-state index is -0.680. The molecule has 0 spiro atoms. The van der Waals surface area contributed by atoms with Crippen LogP contribution in [0.5, 0.6) is 0 Å². The van der Waals surface area contributed by atoms with Crippen LogP contribution in [-0.2, 0) is 4.79 Å². The molecule has 1 unspecified atom stereocenters. The van der Waals surface area contributed by atoms with E-state index < -0.39 is 5.38 Å². The van der Waals surface area contributed by atoms with Crippen LogP contribution in [0.25, 0.3) is 0 Å². The molecule has 2 atom stereocenters. The molecule has 0 fully saturated rings. The number of carbonyl (C=O) groups is 1. The summed E-state index contributed by atoms with van der Waals surface area (Å²) >= 11 is 9.69. The van der Waals surface area contributed by atoms with Crippen molar-refractivity contribution in [3.05, 3.63) is 70.2 Å². The van der Waals surface area contributed by atoms with Gasteiger partial charge < -0.3 is 5.32 Å². The second-order valence-electron chi connectivity index (χ2n) is 4.53. The first kappa shape index (κ1) is 15.1. The molecule has 2 rings (SSSR count). The van der Waals surface area contributed by atoms with Crippen LogP contribution in [0.4, 0.5) is 0 Å². The van der Waals surface area contributed by atoms with E-state index in [0.29, 0.717) is 0 Å². The van der Waals surface area contributed by atoms with Gasteiger partial charge in [-0.1, -0.05) is 64.5 Å². The van der Waals surface area contributed by atoms with E-state index in [1.54, 1.807) is 0 Å². The lowest BCUT2D eigenvalue weighted by Gasteiger charge is -2.18. The van der Waals surface area contributed by atoms with Gasteiger partial charge >= 0.3 is 0 Å². The molecule has 0 aliphatic heterocycles. The first-order valence-corrected chi connectivity index (χ1v) is 7.56. The quantitative estimate of drug-likeness (QED) is 0.800. The molecule has 0 aliphatic carbocycles. The minimum Gasteiger partial charge on any atom is -0.348 e. The summed E-state index contributed by atoms with van der Waals surface area (Å²) in [5.74, 6) is -0.193. The summed E-state index contributed by atoms with van der Waals surface area (Å²) < 4.78 is 0.971. The molecule has 20 heavy (non-hydrogen) atoms. The Kier molecular flexibility index (Phi) is 5.21. The summed E-state index contributed by atoms with van der Waals surface area (Å²) in [6, 6.07) is 17.0. The van der Waals surface area contributed by atoms with Crippen LogP contribution in [0.2, 0.25) is 0 Å². The number of benzene rings is 2. The number of hydrogen-bond donors (Lipinski definition) is 1. The van der Waals surface area contributed by atoms with Crippen molar-refractivity contribution in [3.63, 3.8) is 0 Å². The van der Waals surface area contributed by atoms with Crippen LogP contribution in [0, 0.1) is 0 Å². The molecular weight excluding hydrogens is 338 g/mol. The van der Waals surface area contributed by atoms with Crippen molar-refractivity contribution >= 4 is 33.4 Å². The highest BCUT2D eigenvalue weighted by atomic mass is 79.9. The molecule has 4 heteroatoms. The smallest absolute Gasteiger partial charge is 0.243 e. The van der Waals surface area contributed by atoms with Crippen molar-refractivity contribution in [1.29, 1.82) is 0 Å². The first-order valence-electron chi connectivity index (χ1n) is 6.33. The van der Waals surface area contributed by atoms with Gasteiger partial charge in [0.15, 0.2) is 0 Å². The van der Waals surface area contributed by atoms with Gasteiger partial charge in [-0.2, -0.15) is 0 Å². The Labute approximate surface area is 132 Å². The zero-order valence-electron chi connectivity index (χ0n) is 11.0. The number of carbonyl (C=O) groups excluding carboxylic acids is 1. The molecule has 0 saturated heterocycles. The second-order valence-corrected chi connectivity index (χ2v) is 5.82. The monoisotopic (exact) mass is 351 g/mol. The average Bonchev–Trinajstić information content (AvgIpc) is 2.47. The lowest BCUT2D eigenvalue weighted by Crippen LogP contribution is -2.29. The fourth-order valence-electron chi connectivity index (χ4n) is 1.96. The van der Waals surface area contributed by atoms with Crippen molar-refractivity contribution in [2.24, 2.45) is 0 Å². The Bertz CT molecular complexity index is 588. The second kappa shape index (κ2) is 6.91. The molecule has 0 heterocycles. The van der Waals surface area contributed by atoms with Crippen LogP contribution < -0.4 is 5.32 Å². The van der Waals surface area contributed by atoms with Crippen LogP contribution >= 0.6 is 27.5 Å². The van der Waals surface area contributed by atoms with Gasteiger partial charge in [-0.3, -0.25) is 4.79 Å². The zero-order valence-corrected chi connectivity index (χ0v) is 13.4. The van der Waals surface area contributed by atoms with Gasteiger partial charge in [0, 0.05) is 4.47 Å². The Balaban J connectivity index is 2.07. The first-order chi connectivity index (χ1) is 9.59. The largest absolute Gasteiger partial charge is 0.348 e. The van der Waals surface area contributed by atoms with Crippen molar-refractivity contribution < 1.29 is 4.79 Å². The highest BCUT2D eigenvalue weighted by Gasteiger charge is 2.20. The van der Waals surface area contributed by atoms with E-state index in [2.05, 4.69) is 21.2 Å². The molecule has 1 N–H and O–H groups in total. The number of halogens is 2. The normalized spacial score (nSPS) is 13.6. The van der Waals surface area contributed by atoms with Gasteiger partial charge in [0.1, 0.15) is 5.38 Å². The summed E-state index contributed by atoms with van der Waals surface area (Å²) in [7, 11) is 0. The van der Waals surface area contributed by atoms with Crippen molar-refractivity contribution in [2.75, 3.05) is 0 Å². The molecule has 2 aromatic carbocycles. The third-order valence-electron chi connectivity index (χ3n) is 3.05. The molecular formula is C16H15BrClNO. The molecule has 0 aromatic heterocycles. The number of alkyl halides is 1. The molecule has 0 bridgehead atoms.